The zero-order chi connectivity index (χ0) is 13.5. The summed E-state index contributed by atoms with van der Waals surface area (Å²) >= 11 is 13.3. The molecule has 102 valence electrons. The van der Waals surface area contributed by atoms with Crippen molar-refractivity contribution in [3.05, 3.63) is 20.3 Å². The maximum atomic E-state index is 11.8. The van der Waals surface area contributed by atoms with Crippen molar-refractivity contribution in [2.45, 2.75) is 19.3 Å². The summed E-state index contributed by atoms with van der Waals surface area (Å²) in [5, 5.41) is 3.02. The van der Waals surface area contributed by atoms with E-state index in [1.807, 2.05) is 20.2 Å². The van der Waals surface area contributed by atoms with Gasteiger partial charge in [-0.15, -0.1) is 11.3 Å². The molecule has 0 bridgehead atoms. The van der Waals surface area contributed by atoms with Gasteiger partial charge in [-0.25, -0.2) is 0 Å². The van der Waals surface area contributed by atoms with E-state index in [2.05, 4.69) is 5.32 Å². The SMILES string of the molecule is CNCCN(C)C(=O)CCCc1cc(Cl)sc1Cl. The fourth-order valence-corrected chi connectivity index (χ4v) is 3.11. The summed E-state index contributed by atoms with van der Waals surface area (Å²) in [5.41, 5.74) is 1.04. The van der Waals surface area contributed by atoms with Crippen molar-refractivity contribution in [1.82, 2.24) is 10.2 Å². The third kappa shape index (κ3) is 5.14. The monoisotopic (exact) mass is 308 g/mol. The molecule has 1 aromatic rings. The van der Waals surface area contributed by atoms with E-state index in [9.17, 15) is 4.79 Å². The zero-order valence-electron chi connectivity index (χ0n) is 10.6. The minimum atomic E-state index is 0.169. The molecular weight excluding hydrogens is 291 g/mol. The number of nitrogens with one attached hydrogen (secondary N) is 1. The van der Waals surface area contributed by atoms with Crippen molar-refractivity contribution in [2.75, 3.05) is 27.2 Å². The number of hydrogen-bond acceptors (Lipinski definition) is 3. The number of carbonyl (C=O) groups is 1. The number of amides is 1. The van der Waals surface area contributed by atoms with E-state index in [-0.39, 0.29) is 5.91 Å². The summed E-state index contributed by atoms with van der Waals surface area (Å²) in [6.45, 7) is 1.55. The Bertz CT molecular complexity index is 395. The average molecular weight is 309 g/mol. The molecule has 0 aliphatic carbocycles. The molecule has 0 aliphatic rings. The summed E-state index contributed by atoms with van der Waals surface area (Å²) < 4.78 is 1.43. The summed E-state index contributed by atoms with van der Waals surface area (Å²) in [6.07, 6.45) is 2.15. The predicted molar refractivity (Wildman–Crippen MR) is 78.8 cm³/mol. The molecule has 0 atom stereocenters. The number of aryl methyl sites for hydroxylation is 1. The summed E-state index contributed by atoms with van der Waals surface area (Å²) in [5.74, 6) is 0.169. The van der Waals surface area contributed by atoms with E-state index >= 15 is 0 Å². The van der Waals surface area contributed by atoms with E-state index in [4.69, 9.17) is 23.2 Å². The number of halogens is 2. The van der Waals surface area contributed by atoms with Crippen molar-refractivity contribution < 1.29 is 4.79 Å². The van der Waals surface area contributed by atoms with Crippen LogP contribution in [0, 0.1) is 0 Å². The molecule has 1 aromatic heterocycles. The van der Waals surface area contributed by atoms with Crippen molar-refractivity contribution in [2.24, 2.45) is 0 Å². The van der Waals surface area contributed by atoms with Crippen LogP contribution in [0.3, 0.4) is 0 Å². The van der Waals surface area contributed by atoms with Crippen molar-refractivity contribution in [3.63, 3.8) is 0 Å². The molecule has 18 heavy (non-hydrogen) atoms. The Morgan fingerprint density at radius 2 is 2.22 bits per heavy atom. The van der Waals surface area contributed by atoms with Gasteiger partial charge in [-0.05, 0) is 31.5 Å². The molecule has 1 N–H and O–H groups in total. The van der Waals surface area contributed by atoms with Crippen molar-refractivity contribution >= 4 is 40.4 Å². The lowest BCUT2D eigenvalue weighted by molar-refractivity contribution is -0.129. The Morgan fingerprint density at radius 3 is 2.78 bits per heavy atom. The van der Waals surface area contributed by atoms with E-state index in [0.29, 0.717) is 10.8 Å². The van der Waals surface area contributed by atoms with Crippen LogP contribution >= 0.6 is 34.5 Å². The van der Waals surface area contributed by atoms with Gasteiger partial charge in [0.15, 0.2) is 0 Å². The normalized spacial score (nSPS) is 10.7. The number of rotatable bonds is 7. The number of likely N-dealkylation sites (N-methyl/N-ethyl adjacent to an activating group) is 2. The number of hydrogen-bond donors (Lipinski definition) is 1. The zero-order valence-corrected chi connectivity index (χ0v) is 13.0. The predicted octanol–water partition coefficient (Wildman–Crippen LogP) is 3.06. The van der Waals surface area contributed by atoms with Gasteiger partial charge < -0.3 is 10.2 Å². The molecule has 0 aromatic carbocycles. The van der Waals surface area contributed by atoms with Gasteiger partial charge in [0, 0.05) is 26.6 Å². The van der Waals surface area contributed by atoms with Crippen molar-refractivity contribution in [1.29, 1.82) is 0 Å². The van der Waals surface area contributed by atoms with Crippen LogP contribution in [0.15, 0.2) is 6.07 Å². The molecule has 0 saturated carbocycles. The quantitative estimate of drug-likeness (QED) is 0.839. The first kappa shape index (κ1) is 15.8. The van der Waals surface area contributed by atoms with E-state index < -0.39 is 0 Å². The lowest BCUT2D eigenvalue weighted by Gasteiger charge is -2.16. The molecule has 0 radical (unpaired) electrons. The molecule has 1 rings (SSSR count). The second-order valence-electron chi connectivity index (χ2n) is 4.12. The Labute approximate surface area is 122 Å². The lowest BCUT2D eigenvalue weighted by atomic mass is 10.1. The third-order valence-electron chi connectivity index (χ3n) is 2.69. The highest BCUT2D eigenvalue weighted by Crippen LogP contribution is 2.32. The van der Waals surface area contributed by atoms with E-state index in [1.165, 1.54) is 11.3 Å². The molecule has 1 heterocycles. The first-order chi connectivity index (χ1) is 8.54. The highest BCUT2D eigenvalue weighted by molar-refractivity contribution is 7.20. The fourth-order valence-electron chi connectivity index (χ4n) is 1.57. The highest BCUT2D eigenvalue weighted by atomic mass is 35.5. The van der Waals surface area contributed by atoms with Crippen molar-refractivity contribution in [3.8, 4) is 0 Å². The van der Waals surface area contributed by atoms with Crippen LogP contribution in [0.4, 0.5) is 0 Å². The van der Waals surface area contributed by atoms with E-state index in [1.54, 1.807) is 4.90 Å². The molecule has 0 fully saturated rings. The van der Waals surface area contributed by atoms with Gasteiger partial charge in [0.2, 0.25) is 5.91 Å². The number of thiophene rings is 1. The van der Waals surface area contributed by atoms with Crippen LogP contribution in [0.5, 0.6) is 0 Å². The van der Waals surface area contributed by atoms with Gasteiger partial charge in [-0.1, -0.05) is 23.2 Å². The number of nitrogens with zero attached hydrogens (tertiary/aromatic N) is 1. The molecule has 0 saturated heterocycles. The van der Waals surface area contributed by atoms with Gasteiger partial charge in [0.25, 0.3) is 0 Å². The summed E-state index contributed by atoms with van der Waals surface area (Å²) in [6, 6.07) is 1.88. The first-order valence-electron chi connectivity index (χ1n) is 5.87. The molecule has 0 spiro atoms. The van der Waals surface area contributed by atoms with Gasteiger partial charge in [-0.2, -0.15) is 0 Å². The van der Waals surface area contributed by atoms with Crippen LogP contribution in [0.25, 0.3) is 0 Å². The Hall–Kier alpha value is -0.290. The van der Waals surface area contributed by atoms with Gasteiger partial charge in [0.1, 0.15) is 0 Å². The molecule has 6 heteroatoms. The molecule has 0 unspecified atom stereocenters. The Morgan fingerprint density at radius 1 is 1.50 bits per heavy atom. The fraction of sp³-hybridized carbons (Fsp3) is 0.583. The maximum Gasteiger partial charge on any atom is 0.222 e. The standard InChI is InChI=1S/C12H18Cl2N2OS/c1-15-6-7-16(2)11(17)5-3-4-9-8-10(13)18-12(9)14/h8,15H,3-7H2,1-2H3. The minimum Gasteiger partial charge on any atom is -0.344 e. The Kier molecular flexibility index (Phi) is 7.00. The average Bonchev–Trinajstić information content (AvgIpc) is 2.64. The van der Waals surface area contributed by atoms with Gasteiger partial charge in [0.05, 0.1) is 8.67 Å². The summed E-state index contributed by atoms with van der Waals surface area (Å²) in [4.78, 5) is 13.5. The molecule has 0 aliphatic heterocycles. The van der Waals surface area contributed by atoms with Crippen LogP contribution in [0.2, 0.25) is 8.67 Å². The minimum absolute atomic E-state index is 0.169. The van der Waals surface area contributed by atoms with Crippen LogP contribution in [-0.4, -0.2) is 38.0 Å². The largest absolute Gasteiger partial charge is 0.344 e. The van der Waals surface area contributed by atoms with Crippen LogP contribution < -0.4 is 5.32 Å². The lowest BCUT2D eigenvalue weighted by Crippen LogP contribution is -2.32. The second-order valence-corrected chi connectivity index (χ2v) is 6.41. The Balaban J connectivity index is 2.29. The van der Waals surface area contributed by atoms with Gasteiger partial charge >= 0.3 is 0 Å². The molecule has 3 nitrogen and oxygen atoms in total. The molecule has 1 amide bonds. The van der Waals surface area contributed by atoms with Crippen LogP contribution in [0.1, 0.15) is 18.4 Å². The number of carbonyl (C=O) groups excluding carboxylic acids is 1. The van der Waals surface area contributed by atoms with Gasteiger partial charge in [-0.3, -0.25) is 4.79 Å². The van der Waals surface area contributed by atoms with E-state index in [0.717, 1.165) is 35.8 Å². The first-order valence-corrected chi connectivity index (χ1v) is 7.44. The topological polar surface area (TPSA) is 32.3 Å². The third-order valence-corrected chi connectivity index (χ3v) is 4.26. The van der Waals surface area contributed by atoms with Crippen LogP contribution in [-0.2, 0) is 11.2 Å². The second kappa shape index (κ2) is 8.00. The highest BCUT2D eigenvalue weighted by Gasteiger charge is 2.10. The smallest absolute Gasteiger partial charge is 0.222 e. The maximum absolute atomic E-state index is 11.8. The summed E-state index contributed by atoms with van der Waals surface area (Å²) in [7, 11) is 3.70. The molecular formula is C12H18Cl2N2OS.